The molecule has 0 N–H and O–H groups in total. The first-order valence-corrected chi connectivity index (χ1v) is 18.3. The molecule has 0 unspecified atom stereocenters. The quantitative estimate of drug-likeness (QED) is 0.181. The molecule has 0 fully saturated rings. The summed E-state index contributed by atoms with van der Waals surface area (Å²) in [5.41, 5.74) is 11.2. The Kier molecular flexibility index (Phi) is 6.42. The molecule has 52 heavy (non-hydrogen) atoms. The molecular weight excluding hydrogens is 655 g/mol. The largest absolute Gasteiger partial charge is 0.456 e. The number of nitrogens with zero attached hydrogens (tertiary/aromatic N) is 1. The maximum atomic E-state index is 6.46. The number of para-hydroxylation sites is 3. The molecule has 8 aromatic carbocycles. The number of fused-ring (bicyclic) bond motifs is 9. The van der Waals surface area contributed by atoms with Crippen LogP contribution in [0.2, 0.25) is 0 Å². The van der Waals surface area contributed by atoms with E-state index in [0.29, 0.717) is 0 Å². The van der Waals surface area contributed by atoms with Gasteiger partial charge in [0.25, 0.3) is 0 Å². The maximum Gasteiger partial charge on any atom is 0.143 e. The summed E-state index contributed by atoms with van der Waals surface area (Å²) in [5.74, 6) is 0. The monoisotopic (exact) mass is 683 g/mol. The molecule has 11 rings (SSSR count). The van der Waals surface area contributed by atoms with E-state index >= 15 is 0 Å². The van der Waals surface area contributed by atoms with Gasteiger partial charge in [0.15, 0.2) is 0 Å². The highest BCUT2D eigenvalue weighted by Crippen LogP contribution is 2.43. The SMILES string of the molecule is c1cc(-c2cccc3c2oc2ccccc23)cc(N(c2ccc(-c3ccc4c(c3)sc3ccccc34)cc2)c2ccc3c(c2)oc2ccccc23)c1. The van der Waals surface area contributed by atoms with Crippen LogP contribution in [0.1, 0.15) is 0 Å². The average Bonchev–Trinajstić information content (AvgIpc) is 3.89. The molecule has 3 heterocycles. The second kappa shape index (κ2) is 11.5. The highest BCUT2D eigenvalue weighted by molar-refractivity contribution is 7.25. The third-order valence-electron chi connectivity index (χ3n) is 10.3. The zero-order chi connectivity index (χ0) is 34.2. The van der Waals surface area contributed by atoms with E-state index in [1.54, 1.807) is 0 Å². The second-order valence-corrected chi connectivity index (χ2v) is 14.4. The van der Waals surface area contributed by atoms with Crippen LogP contribution in [0, 0.1) is 0 Å². The van der Waals surface area contributed by atoms with E-state index in [-0.39, 0.29) is 0 Å². The number of thiophene rings is 1. The lowest BCUT2D eigenvalue weighted by Gasteiger charge is -2.26. The van der Waals surface area contributed by atoms with Gasteiger partial charge in [-0.05, 0) is 77.4 Å². The van der Waals surface area contributed by atoms with E-state index in [4.69, 9.17) is 8.83 Å². The summed E-state index contributed by atoms with van der Waals surface area (Å²) in [6.45, 7) is 0. The van der Waals surface area contributed by atoms with E-state index in [9.17, 15) is 0 Å². The summed E-state index contributed by atoms with van der Waals surface area (Å²) in [6, 6.07) is 62.6. The van der Waals surface area contributed by atoms with Crippen molar-refractivity contribution in [1.82, 2.24) is 0 Å². The first-order valence-electron chi connectivity index (χ1n) is 17.5. The third kappa shape index (κ3) is 4.58. The lowest BCUT2D eigenvalue weighted by atomic mass is 10.0. The van der Waals surface area contributed by atoms with Crippen LogP contribution in [0.4, 0.5) is 17.1 Å². The van der Waals surface area contributed by atoms with Gasteiger partial charge in [-0.25, -0.2) is 0 Å². The second-order valence-electron chi connectivity index (χ2n) is 13.3. The van der Waals surface area contributed by atoms with Crippen molar-refractivity contribution < 1.29 is 8.83 Å². The molecule has 4 heteroatoms. The minimum absolute atomic E-state index is 0.861. The molecule has 0 aliphatic carbocycles. The van der Waals surface area contributed by atoms with Crippen LogP contribution >= 0.6 is 11.3 Å². The molecule has 0 amide bonds. The Hall–Kier alpha value is -6.62. The molecule has 0 bridgehead atoms. The zero-order valence-corrected chi connectivity index (χ0v) is 28.7. The van der Waals surface area contributed by atoms with Gasteiger partial charge in [0.1, 0.15) is 22.3 Å². The predicted molar refractivity (Wildman–Crippen MR) is 219 cm³/mol. The summed E-state index contributed by atoms with van der Waals surface area (Å²) in [4.78, 5) is 2.31. The molecule has 0 saturated carbocycles. The number of hydrogen-bond donors (Lipinski definition) is 0. The highest BCUT2D eigenvalue weighted by atomic mass is 32.1. The topological polar surface area (TPSA) is 29.5 Å². The Morgan fingerprint density at radius 1 is 0.346 bits per heavy atom. The molecule has 3 aromatic heterocycles. The first kappa shape index (κ1) is 29.1. The van der Waals surface area contributed by atoms with Crippen molar-refractivity contribution in [3.8, 4) is 22.3 Å². The first-order chi connectivity index (χ1) is 25.7. The maximum absolute atomic E-state index is 6.46. The molecule has 0 saturated heterocycles. The minimum atomic E-state index is 0.861. The molecule has 244 valence electrons. The molecular formula is C48H29NO2S. The molecule has 0 radical (unpaired) electrons. The van der Waals surface area contributed by atoms with E-state index in [2.05, 4.69) is 157 Å². The van der Waals surface area contributed by atoms with Gasteiger partial charge in [-0.3, -0.25) is 0 Å². The summed E-state index contributed by atoms with van der Waals surface area (Å²) in [6.07, 6.45) is 0. The fourth-order valence-corrected chi connectivity index (χ4v) is 8.94. The zero-order valence-electron chi connectivity index (χ0n) is 27.9. The highest BCUT2D eigenvalue weighted by Gasteiger charge is 2.18. The van der Waals surface area contributed by atoms with Gasteiger partial charge in [0, 0.05) is 70.4 Å². The van der Waals surface area contributed by atoms with Gasteiger partial charge >= 0.3 is 0 Å². The minimum Gasteiger partial charge on any atom is -0.456 e. The van der Waals surface area contributed by atoms with Crippen LogP contribution in [0.5, 0.6) is 0 Å². The van der Waals surface area contributed by atoms with E-state index in [0.717, 1.165) is 72.1 Å². The Morgan fingerprint density at radius 3 is 1.83 bits per heavy atom. The van der Waals surface area contributed by atoms with Crippen LogP contribution in [0.25, 0.3) is 86.3 Å². The molecule has 11 aromatic rings. The molecule has 3 nitrogen and oxygen atoms in total. The number of hydrogen-bond acceptors (Lipinski definition) is 4. The molecule has 0 aliphatic rings. The number of furan rings is 2. The fraction of sp³-hybridized carbons (Fsp3) is 0. The Labute approximate surface area is 303 Å². The van der Waals surface area contributed by atoms with Gasteiger partial charge in [-0.2, -0.15) is 0 Å². The lowest BCUT2D eigenvalue weighted by molar-refractivity contribution is 0.669. The van der Waals surface area contributed by atoms with Crippen LogP contribution in [0.3, 0.4) is 0 Å². The van der Waals surface area contributed by atoms with Crippen LogP contribution in [0.15, 0.2) is 185 Å². The van der Waals surface area contributed by atoms with Crippen molar-refractivity contribution in [2.24, 2.45) is 0 Å². The molecule has 0 aliphatic heterocycles. The Balaban J connectivity index is 1.05. The van der Waals surface area contributed by atoms with Crippen LogP contribution < -0.4 is 4.90 Å². The predicted octanol–water partition coefficient (Wildman–Crippen LogP) is 14.7. The summed E-state index contributed by atoms with van der Waals surface area (Å²) in [5, 5.41) is 7.11. The normalized spacial score (nSPS) is 11.8. The number of anilines is 3. The summed E-state index contributed by atoms with van der Waals surface area (Å²) < 4.78 is 15.5. The average molecular weight is 684 g/mol. The van der Waals surface area contributed by atoms with Gasteiger partial charge in [-0.1, -0.05) is 109 Å². The van der Waals surface area contributed by atoms with Crippen molar-refractivity contribution in [2.45, 2.75) is 0 Å². The molecule has 0 spiro atoms. The Morgan fingerprint density at radius 2 is 0.962 bits per heavy atom. The Bertz CT molecular complexity index is 3150. The van der Waals surface area contributed by atoms with Crippen LogP contribution in [-0.2, 0) is 0 Å². The molecule has 0 atom stereocenters. The third-order valence-corrected chi connectivity index (χ3v) is 11.4. The van der Waals surface area contributed by atoms with Gasteiger partial charge in [-0.15, -0.1) is 11.3 Å². The van der Waals surface area contributed by atoms with Crippen molar-refractivity contribution >= 4 is 92.4 Å². The number of rotatable bonds is 5. The van der Waals surface area contributed by atoms with Crippen molar-refractivity contribution in [3.05, 3.63) is 176 Å². The van der Waals surface area contributed by atoms with Crippen molar-refractivity contribution in [1.29, 1.82) is 0 Å². The van der Waals surface area contributed by atoms with E-state index in [1.165, 1.54) is 31.3 Å². The lowest BCUT2D eigenvalue weighted by Crippen LogP contribution is -2.10. The summed E-state index contributed by atoms with van der Waals surface area (Å²) in [7, 11) is 0. The number of benzene rings is 8. The van der Waals surface area contributed by atoms with Gasteiger partial charge in [0.05, 0.1) is 0 Å². The van der Waals surface area contributed by atoms with Crippen molar-refractivity contribution in [2.75, 3.05) is 4.90 Å². The smallest absolute Gasteiger partial charge is 0.143 e. The summed E-state index contributed by atoms with van der Waals surface area (Å²) >= 11 is 1.85. The van der Waals surface area contributed by atoms with Gasteiger partial charge < -0.3 is 13.7 Å². The van der Waals surface area contributed by atoms with E-state index < -0.39 is 0 Å². The fourth-order valence-electron chi connectivity index (χ4n) is 7.80. The van der Waals surface area contributed by atoms with E-state index in [1.807, 2.05) is 35.6 Å². The van der Waals surface area contributed by atoms with Crippen molar-refractivity contribution in [3.63, 3.8) is 0 Å². The van der Waals surface area contributed by atoms with Gasteiger partial charge in [0.2, 0.25) is 0 Å². The van der Waals surface area contributed by atoms with Crippen LogP contribution in [-0.4, -0.2) is 0 Å². The standard InChI is InChI=1S/C48H29NO2S/c1-4-16-43-37(11-1)39-26-24-35(29-45(39)50-43)49(33-22-19-30(20-23-33)31-21-25-41-40-13-3-6-18-46(40)52-47(41)28-31)34-10-7-9-32(27-34)36-14-8-15-42-38-12-2-5-17-44(38)51-48(36)42/h1-29H.